The molecule has 3 aliphatic carbocycles. The standard InChI is InChI=1S/C22H39N5O2/c1-4-23-21(24-15-22(12-5-6-13-22)20(29)27(2)3)26-18-9-7-8-16(14-18)19(28)25-17-10-11-17/h16-18H,4-15H2,1-3H3,(H,25,28)(H2,23,24,26). The highest BCUT2D eigenvalue weighted by atomic mass is 16.2. The zero-order valence-electron chi connectivity index (χ0n) is 18.4. The molecule has 7 nitrogen and oxygen atoms in total. The van der Waals surface area contributed by atoms with Gasteiger partial charge in [-0.1, -0.05) is 19.3 Å². The van der Waals surface area contributed by atoms with Crippen LogP contribution in [-0.2, 0) is 9.59 Å². The minimum atomic E-state index is -0.356. The van der Waals surface area contributed by atoms with E-state index in [9.17, 15) is 9.59 Å². The first-order chi connectivity index (χ1) is 13.9. The van der Waals surface area contributed by atoms with Crippen molar-refractivity contribution in [1.29, 1.82) is 0 Å². The van der Waals surface area contributed by atoms with Gasteiger partial charge in [0.1, 0.15) is 0 Å². The minimum absolute atomic E-state index is 0.0984. The molecule has 0 aromatic heterocycles. The minimum Gasteiger partial charge on any atom is -0.357 e. The fourth-order valence-corrected chi connectivity index (χ4v) is 4.82. The molecule has 0 saturated heterocycles. The summed E-state index contributed by atoms with van der Waals surface area (Å²) in [5.41, 5.74) is -0.356. The average molecular weight is 406 g/mol. The van der Waals surface area contributed by atoms with Crippen molar-refractivity contribution in [3.63, 3.8) is 0 Å². The van der Waals surface area contributed by atoms with Crippen molar-refractivity contribution < 1.29 is 9.59 Å². The van der Waals surface area contributed by atoms with Crippen molar-refractivity contribution in [3.05, 3.63) is 0 Å². The summed E-state index contributed by atoms with van der Waals surface area (Å²) in [4.78, 5) is 31.8. The topological polar surface area (TPSA) is 85.8 Å². The Morgan fingerprint density at radius 3 is 2.34 bits per heavy atom. The third kappa shape index (κ3) is 5.86. The van der Waals surface area contributed by atoms with E-state index in [-0.39, 0.29) is 29.2 Å². The third-order valence-corrected chi connectivity index (χ3v) is 6.61. The van der Waals surface area contributed by atoms with Crippen LogP contribution >= 0.6 is 0 Å². The molecule has 0 radical (unpaired) electrons. The van der Waals surface area contributed by atoms with Crippen molar-refractivity contribution in [2.45, 2.75) is 83.2 Å². The lowest BCUT2D eigenvalue weighted by Gasteiger charge is -2.31. The van der Waals surface area contributed by atoms with E-state index in [4.69, 9.17) is 4.99 Å². The van der Waals surface area contributed by atoms with Gasteiger partial charge in [0.25, 0.3) is 0 Å². The summed E-state index contributed by atoms with van der Waals surface area (Å²) in [7, 11) is 3.68. The van der Waals surface area contributed by atoms with Crippen molar-refractivity contribution in [2.24, 2.45) is 16.3 Å². The van der Waals surface area contributed by atoms with Crippen LogP contribution in [0, 0.1) is 11.3 Å². The zero-order chi connectivity index (χ0) is 20.9. The number of amides is 2. The van der Waals surface area contributed by atoms with Gasteiger partial charge in [-0.2, -0.15) is 0 Å². The smallest absolute Gasteiger partial charge is 0.230 e. The molecular weight excluding hydrogens is 366 g/mol. The van der Waals surface area contributed by atoms with Crippen LogP contribution in [-0.4, -0.2) is 61.9 Å². The van der Waals surface area contributed by atoms with Crippen LogP contribution in [0.25, 0.3) is 0 Å². The lowest BCUT2D eigenvalue weighted by Crippen LogP contribution is -2.48. The molecule has 0 aromatic carbocycles. The number of aliphatic imine (C=N–C) groups is 1. The largest absolute Gasteiger partial charge is 0.357 e. The Bertz CT molecular complexity index is 608. The summed E-state index contributed by atoms with van der Waals surface area (Å²) in [6.07, 6.45) is 10.2. The van der Waals surface area contributed by atoms with Crippen LogP contribution in [0.15, 0.2) is 4.99 Å². The molecule has 0 aromatic rings. The first-order valence-corrected chi connectivity index (χ1v) is 11.5. The molecule has 3 N–H and O–H groups in total. The van der Waals surface area contributed by atoms with E-state index in [2.05, 4.69) is 22.9 Å². The van der Waals surface area contributed by atoms with Crippen molar-refractivity contribution in [3.8, 4) is 0 Å². The van der Waals surface area contributed by atoms with E-state index in [0.29, 0.717) is 12.6 Å². The molecule has 0 spiro atoms. The molecule has 3 rings (SSSR count). The highest BCUT2D eigenvalue weighted by Gasteiger charge is 2.42. The molecule has 164 valence electrons. The lowest BCUT2D eigenvalue weighted by molar-refractivity contribution is -0.138. The number of rotatable bonds is 7. The van der Waals surface area contributed by atoms with Gasteiger partial charge in [-0.25, -0.2) is 0 Å². The molecular formula is C22H39N5O2. The monoisotopic (exact) mass is 405 g/mol. The van der Waals surface area contributed by atoms with Crippen LogP contribution in [0.3, 0.4) is 0 Å². The maximum absolute atomic E-state index is 12.8. The van der Waals surface area contributed by atoms with Crippen molar-refractivity contribution in [2.75, 3.05) is 27.2 Å². The second kappa shape index (κ2) is 9.81. The molecule has 3 aliphatic rings. The summed E-state index contributed by atoms with van der Waals surface area (Å²) in [5, 5.41) is 10.1. The molecule has 3 fully saturated rings. The summed E-state index contributed by atoms with van der Waals surface area (Å²) in [5.74, 6) is 1.30. The van der Waals surface area contributed by atoms with E-state index < -0.39 is 0 Å². The normalized spacial score (nSPS) is 26.7. The Kier molecular flexibility index (Phi) is 7.41. The summed E-state index contributed by atoms with van der Waals surface area (Å²) >= 11 is 0. The number of hydrogen-bond donors (Lipinski definition) is 3. The molecule has 7 heteroatoms. The van der Waals surface area contributed by atoms with E-state index in [0.717, 1.165) is 76.7 Å². The summed E-state index contributed by atoms with van der Waals surface area (Å²) in [6.45, 7) is 3.36. The molecule has 0 heterocycles. The van der Waals surface area contributed by atoms with E-state index in [1.54, 1.807) is 4.90 Å². The molecule has 0 aliphatic heterocycles. The van der Waals surface area contributed by atoms with Gasteiger partial charge in [-0.05, 0) is 51.9 Å². The molecule has 0 bridgehead atoms. The molecule has 2 unspecified atom stereocenters. The van der Waals surface area contributed by atoms with Gasteiger partial charge in [-0.3, -0.25) is 14.6 Å². The Morgan fingerprint density at radius 1 is 1.00 bits per heavy atom. The SMILES string of the molecule is CCNC(=NCC1(C(=O)N(C)C)CCCC1)NC1CCCC(C(=O)NC2CC2)C1. The van der Waals surface area contributed by atoms with E-state index in [1.165, 1.54) is 0 Å². The summed E-state index contributed by atoms with van der Waals surface area (Å²) < 4.78 is 0. The van der Waals surface area contributed by atoms with Crippen LogP contribution in [0.5, 0.6) is 0 Å². The summed E-state index contributed by atoms with van der Waals surface area (Å²) in [6, 6.07) is 0.673. The fraction of sp³-hybridized carbons (Fsp3) is 0.864. The van der Waals surface area contributed by atoms with Gasteiger partial charge in [0.05, 0.1) is 12.0 Å². The number of nitrogens with zero attached hydrogens (tertiary/aromatic N) is 2. The van der Waals surface area contributed by atoms with Crippen molar-refractivity contribution >= 4 is 17.8 Å². The van der Waals surface area contributed by atoms with Crippen LogP contribution in [0.2, 0.25) is 0 Å². The van der Waals surface area contributed by atoms with E-state index >= 15 is 0 Å². The molecule has 2 amide bonds. The Morgan fingerprint density at radius 2 is 1.72 bits per heavy atom. The molecule has 2 atom stereocenters. The second-order valence-electron chi connectivity index (χ2n) is 9.37. The fourth-order valence-electron chi connectivity index (χ4n) is 4.82. The highest BCUT2D eigenvalue weighted by Crippen LogP contribution is 2.39. The van der Waals surface area contributed by atoms with Crippen LogP contribution in [0.1, 0.15) is 71.1 Å². The number of carbonyl (C=O) groups excluding carboxylic acids is 2. The number of guanidine groups is 1. The van der Waals surface area contributed by atoms with Crippen LogP contribution < -0.4 is 16.0 Å². The Labute approximate surface area is 175 Å². The zero-order valence-corrected chi connectivity index (χ0v) is 18.4. The number of nitrogens with one attached hydrogen (secondary N) is 3. The van der Waals surface area contributed by atoms with Gasteiger partial charge in [0.15, 0.2) is 5.96 Å². The van der Waals surface area contributed by atoms with Gasteiger partial charge in [0.2, 0.25) is 11.8 Å². The number of carbonyl (C=O) groups is 2. The van der Waals surface area contributed by atoms with Gasteiger partial charge in [0, 0.05) is 38.6 Å². The predicted octanol–water partition coefficient (Wildman–Crippen LogP) is 2.03. The number of hydrogen-bond acceptors (Lipinski definition) is 3. The third-order valence-electron chi connectivity index (χ3n) is 6.61. The first kappa shape index (κ1) is 21.9. The Hall–Kier alpha value is -1.79. The maximum Gasteiger partial charge on any atom is 0.230 e. The van der Waals surface area contributed by atoms with E-state index in [1.807, 2.05) is 14.1 Å². The van der Waals surface area contributed by atoms with Gasteiger partial charge >= 0.3 is 0 Å². The average Bonchev–Trinajstić information content (AvgIpc) is 3.39. The lowest BCUT2D eigenvalue weighted by atomic mass is 9.84. The van der Waals surface area contributed by atoms with Gasteiger partial charge in [-0.15, -0.1) is 0 Å². The predicted molar refractivity (Wildman–Crippen MR) is 116 cm³/mol. The quantitative estimate of drug-likeness (QED) is 0.447. The highest BCUT2D eigenvalue weighted by molar-refractivity contribution is 5.84. The second-order valence-corrected chi connectivity index (χ2v) is 9.37. The molecule has 29 heavy (non-hydrogen) atoms. The first-order valence-electron chi connectivity index (χ1n) is 11.5. The van der Waals surface area contributed by atoms with Crippen molar-refractivity contribution in [1.82, 2.24) is 20.9 Å². The maximum atomic E-state index is 12.8. The Balaban J connectivity index is 1.60. The van der Waals surface area contributed by atoms with Crippen LogP contribution in [0.4, 0.5) is 0 Å². The van der Waals surface area contributed by atoms with Gasteiger partial charge < -0.3 is 20.9 Å². The molecule has 3 saturated carbocycles.